The number of aryl methyl sites for hydroxylation is 1. The number of amides is 1. The lowest BCUT2D eigenvalue weighted by atomic mass is 9.97. The smallest absolute Gasteiger partial charge is 0.272 e. The van der Waals surface area contributed by atoms with Crippen LogP contribution in [0.3, 0.4) is 0 Å². The van der Waals surface area contributed by atoms with Gasteiger partial charge in [-0.15, -0.1) is 0 Å². The van der Waals surface area contributed by atoms with Crippen molar-refractivity contribution in [1.29, 1.82) is 0 Å². The molecule has 3 fully saturated rings. The van der Waals surface area contributed by atoms with Gasteiger partial charge in [-0.2, -0.15) is 0 Å². The minimum Gasteiger partial charge on any atom is -0.368 e. The van der Waals surface area contributed by atoms with Crippen molar-refractivity contribution in [2.75, 3.05) is 51.3 Å². The number of rotatable bonds is 8. The van der Waals surface area contributed by atoms with Gasteiger partial charge in [0.05, 0.1) is 18.5 Å². The zero-order chi connectivity index (χ0) is 31.1. The zero-order valence-corrected chi connectivity index (χ0v) is 27.6. The molecule has 2 aromatic rings. The highest BCUT2D eigenvalue weighted by Crippen LogP contribution is 2.33. The Morgan fingerprint density at radius 2 is 1.63 bits per heavy atom. The second-order valence-corrected chi connectivity index (χ2v) is 13.9. The van der Waals surface area contributed by atoms with Crippen molar-refractivity contribution < 1.29 is 17.9 Å². The Bertz CT molecular complexity index is 1310. The summed E-state index contributed by atoms with van der Waals surface area (Å²) < 4.78 is 31.6. The van der Waals surface area contributed by atoms with Crippen molar-refractivity contribution in [3.63, 3.8) is 0 Å². The highest BCUT2D eigenvalue weighted by atomic mass is 32.2. The molecule has 2 atom stereocenters. The van der Waals surface area contributed by atoms with Crippen LogP contribution in [-0.2, 0) is 14.8 Å². The largest absolute Gasteiger partial charge is 0.368 e. The number of benzene rings is 1. The molecule has 238 valence electrons. The summed E-state index contributed by atoms with van der Waals surface area (Å²) in [5.41, 5.74) is 3.69. The van der Waals surface area contributed by atoms with Gasteiger partial charge in [-0.05, 0) is 71.0 Å². The van der Waals surface area contributed by atoms with E-state index in [0.29, 0.717) is 37.2 Å². The second-order valence-electron chi connectivity index (χ2n) is 11.9. The summed E-state index contributed by atoms with van der Waals surface area (Å²) in [5.74, 6) is 0.638. The molecule has 4 heterocycles. The minimum absolute atomic E-state index is 0.0450. The maximum atomic E-state index is 13.5. The average Bonchev–Trinajstić information content (AvgIpc) is 3.50. The van der Waals surface area contributed by atoms with Gasteiger partial charge in [-0.3, -0.25) is 4.79 Å². The van der Waals surface area contributed by atoms with Crippen molar-refractivity contribution in [3.05, 3.63) is 53.0 Å². The molecule has 1 N–H and O–H groups in total. The van der Waals surface area contributed by atoms with Crippen LogP contribution in [0.2, 0.25) is 0 Å². The normalized spacial score (nSPS) is 22.3. The van der Waals surface area contributed by atoms with Crippen LogP contribution in [0.15, 0.2) is 30.6 Å². The van der Waals surface area contributed by atoms with E-state index in [9.17, 15) is 13.2 Å². The lowest BCUT2D eigenvalue weighted by molar-refractivity contribution is 0.0521. The van der Waals surface area contributed by atoms with Gasteiger partial charge in [0.1, 0.15) is 17.8 Å². The highest BCUT2D eigenvalue weighted by Gasteiger charge is 2.33. The molecule has 1 aromatic carbocycles. The topological polar surface area (TPSA) is 108 Å². The van der Waals surface area contributed by atoms with Crippen LogP contribution in [0.5, 0.6) is 0 Å². The summed E-state index contributed by atoms with van der Waals surface area (Å²) in [6.07, 6.45) is 8.43. The Labute approximate surface area is 258 Å². The predicted molar refractivity (Wildman–Crippen MR) is 171 cm³/mol. The van der Waals surface area contributed by atoms with Gasteiger partial charge < -0.3 is 19.9 Å². The Kier molecular flexibility index (Phi) is 11.6. The number of nitrogens with one attached hydrogen (secondary N) is 1. The molecular weight excluding hydrogens is 564 g/mol. The molecule has 3 aliphatic heterocycles. The van der Waals surface area contributed by atoms with Crippen LogP contribution >= 0.6 is 0 Å². The van der Waals surface area contributed by atoms with Crippen LogP contribution in [0, 0.1) is 13.8 Å². The van der Waals surface area contributed by atoms with Crippen molar-refractivity contribution >= 4 is 21.7 Å². The molecule has 1 aromatic heterocycles. The molecule has 5 rings (SSSR count). The fraction of sp³-hybridized carbons (Fsp3) is 0.656. The molecule has 3 saturated heterocycles. The third-order valence-electron chi connectivity index (χ3n) is 9.15. The summed E-state index contributed by atoms with van der Waals surface area (Å²) in [6.45, 7) is 11.8. The van der Waals surface area contributed by atoms with Gasteiger partial charge in [0.25, 0.3) is 5.91 Å². The van der Waals surface area contributed by atoms with E-state index in [0.717, 1.165) is 57.2 Å². The molecular formula is C32H50N6O4S. The number of aromatic nitrogens is 2. The molecule has 0 radical (unpaired) electrons. The lowest BCUT2D eigenvalue weighted by Crippen LogP contribution is -2.52. The minimum atomic E-state index is -3.17. The third-order valence-corrected chi connectivity index (χ3v) is 10.5. The molecule has 3 aliphatic rings. The Morgan fingerprint density at radius 3 is 2.26 bits per heavy atom. The predicted octanol–water partition coefficient (Wildman–Crippen LogP) is 4.41. The van der Waals surface area contributed by atoms with E-state index in [4.69, 9.17) is 4.74 Å². The molecule has 10 nitrogen and oxygen atoms in total. The second kappa shape index (κ2) is 14.9. The number of nitrogens with zero attached hydrogens (tertiary/aromatic N) is 5. The van der Waals surface area contributed by atoms with Crippen molar-refractivity contribution in [3.8, 4) is 0 Å². The summed E-state index contributed by atoms with van der Waals surface area (Å²) >= 11 is 0. The molecule has 0 aliphatic carbocycles. The SMILES string of the molecule is CC.Cc1ccc(C2CCC(CNc3ncnc(C(=O)N4CCC(N5CCC(N(C)S(C)(=O)=O)CC5)CC4)c3C)O2)cc1. The highest BCUT2D eigenvalue weighted by molar-refractivity contribution is 7.88. The fourth-order valence-electron chi connectivity index (χ4n) is 6.41. The number of anilines is 1. The van der Waals surface area contributed by atoms with Gasteiger partial charge in [0, 0.05) is 44.3 Å². The summed E-state index contributed by atoms with van der Waals surface area (Å²) in [6, 6.07) is 9.03. The van der Waals surface area contributed by atoms with Crippen molar-refractivity contribution in [1.82, 2.24) is 24.1 Å². The molecule has 43 heavy (non-hydrogen) atoms. The number of carbonyl (C=O) groups is 1. The van der Waals surface area contributed by atoms with Gasteiger partial charge in [-0.1, -0.05) is 43.7 Å². The Balaban J connectivity index is 0.00000207. The molecule has 0 saturated carbocycles. The maximum Gasteiger partial charge on any atom is 0.272 e. The summed E-state index contributed by atoms with van der Waals surface area (Å²) in [5, 5.41) is 3.41. The van der Waals surface area contributed by atoms with Crippen LogP contribution in [0.1, 0.15) is 85.7 Å². The summed E-state index contributed by atoms with van der Waals surface area (Å²) in [4.78, 5) is 26.6. The van der Waals surface area contributed by atoms with Crippen molar-refractivity contribution in [2.24, 2.45) is 0 Å². The van der Waals surface area contributed by atoms with Crippen LogP contribution in [0.4, 0.5) is 5.82 Å². The Hall–Kier alpha value is -2.60. The van der Waals surface area contributed by atoms with E-state index in [-0.39, 0.29) is 24.2 Å². The Morgan fingerprint density at radius 1 is 0.977 bits per heavy atom. The molecule has 0 spiro atoms. The van der Waals surface area contributed by atoms with Crippen LogP contribution < -0.4 is 5.32 Å². The standard InChI is InChI=1S/C30H44N6O4S.C2H6/c1-21-5-7-23(8-6-21)27-10-9-26(40-27)19-31-29-22(2)28(32-20-33-29)30(37)36-17-13-25(14-18-36)35-15-11-24(12-16-35)34(3)41(4,38)39;1-2/h5-8,20,24-27H,9-19H2,1-4H3,(H,31,32,33);1-2H3. The van der Waals surface area contributed by atoms with Gasteiger partial charge in [0.15, 0.2) is 0 Å². The van der Waals surface area contributed by atoms with Crippen LogP contribution in [-0.4, -0.2) is 103 Å². The number of carbonyl (C=O) groups excluding carboxylic acids is 1. The fourth-order valence-corrected chi connectivity index (χ4v) is 7.16. The van der Waals surface area contributed by atoms with E-state index in [1.165, 1.54) is 28.0 Å². The first-order valence-electron chi connectivity index (χ1n) is 15.8. The van der Waals surface area contributed by atoms with Crippen molar-refractivity contribution in [2.45, 2.75) is 90.5 Å². The van der Waals surface area contributed by atoms with E-state index in [1.54, 1.807) is 7.05 Å². The molecule has 0 bridgehead atoms. The van der Waals surface area contributed by atoms with E-state index >= 15 is 0 Å². The van der Waals surface area contributed by atoms with E-state index < -0.39 is 10.0 Å². The number of likely N-dealkylation sites (tertiary alicyclic amines) is 2. The maximum absolute atomic E-state index is 13.5. The first-order valence-corrected chi connectivity index (χ1v) is 17.7. The van der Waals surface area contributed by atoms with Crippen LogP contribution in [0.25, 0.3) is 0 Å². The van der Waals surface area contributed by atoms with E-state index in [2.05, 4.69) is 51.4 Å². The monoisotopic (exact) mass is 614 g/mol. The van der Waals surface area contributed by atoms with Gasteiger partial charge in [-0.25, -0.2) is 22.7 Å². The lowest BCUT2D eigenvalue weighted by Gasteiger charge is -2.43. The molecule has 1 amide bonds. The van der Waals surface area contributed by atoms with Gasteiger partial charge in [0.2, 0.25) is 10.0 Å². The summed E-state index contributed by atoms with van der Waals surface area (Å²) in [7, 11) is -1.49. The molecule has 11 heteroatoms. The zero-order valence-electron chi connectivity index (χ0n) is 26.8. The first kappa shape index (κ1) is 33.3. The number of piperidine rings is 2. The quantitative estimate of drug-likeness (QED) is 0.466. The number of hydrogen-bond acceptors (Lipinski definition) is 8. The average molecular weight is 615 g/mol. The third kappa shape index (κ3) is 8.32. The number of ether oxygens (including phenoxy) is 1. The number of hydrogen-bond donors (Lipinski definition) is 1. The number of sulfonamides is 1. The molecule has 2 unspecified atom stereocenters. The first-order chi connectivity index (χ1) is 20.6. The van der Waals surface area contributed by atoms with Gasteiger partial charge >= 0.3 is 0 Å². The van der Waals surface area contributed by atoms with E-state index in [1.807, 2.05) is 25.7 Å².